The van der Waals surface area contributed by atoms with Gasteiger partial charge in [-0.05, 0) is 42.7 Å². The van der Waals surface area contributed by atoms with Crippen LogP contribution in [0.25, 0.3) is 6.08 Å². The Morgan fingerprint density at radius 1 is 1.43 bits per heavy atom. The zero-order chi connectivity index (χ0) is 14.8. The molecule has 1 atom stereocenters. The quantitative estimate of drug-likeness (QED) is 0.617. The number of carbonyl (C=O) groups excluding carboxylic acids is 2. The number of ketones is 1. The van der Waals surface area contributed by atoms with Crippen LogP contribution in [0, 0.1) is 5.92 Å². The Labute approximate surface area is 127 Å². The molecule has 3 rings (SSSR count). The van der Waals surface area contributed by atoms with Crippen LogP contribution in [-0.4, -0.2) is 34.0 Å². The van der Waals surface area contributed by atoms with Crippen molar-refractivity contribution in [1.82, 2.24) is 9.97 Å². The fourth-order valence-electron chi connectivity index (χ4n) is 2.64. The van der Waals surface area contributed by atoms with E-state index in [9.17, 15) is 9.59 Å². The second kappa shape index (κ2) is 5.97. The summed E-state index contributed by atoms with van der Waals surface area (Å²) in [4.78, 5) is 34.4. The highest BCUT2D eigenvalue weighted by Gasteiger charge is 2.26. The summed E-state index contributed by atoms with van der Waals surface area (Å²) >= 11 is 1.01. The predicted octanol–water partition coefficient (Wildman–Crippen LogP) is 2.29. The normalized spacial score (nSPS) is 24.9. The average molecular weight is 303 g/mol. The van der Waals surface area contributed by atoms with Gasteiger partial charge < -0.3 is 4.90 Å². The molecule has 110 valence electrons. The van der Waals surface area contributed by atoms with Gasteiger partial charge in [0.05, 0.1) is 17.0 Å². The van der Waals surface area contributed by atoms with Crippen LogP contribution in [0.5, 0.6) is 0 Å². The Balaban J connectivity index is 1.82. The first kappa shape index (κ1) is 14.3. The number of hydrogen-bond acceptors (Lipinski definition) is 6. The van der Waals surface area contributed by atoms with Gasteiger partial charge in [0.15, 0.2) is 5.78 Å². The summed E-state index contributed by atoms with van der Waals surface area (Å²) in [6, 6.07) is 1.76. The van der Waals surface area contributed by atoms with Crippen LogP contribution in [0.1, 0.15) is 31.9 Å². The van der Waals surface area contributed by atoms with Crippen molar-refractivity contribution in [3.8, 4) is 0 Å². The molecule has 1 aromatic rings. The van der Waals surface area contributed by atoms with E-state index in [0.29, 0.717) is 22.5 Å². The molecule has 0 radical (unpaired) electrons. The number of aromatic nitrogens is 2. The van der Waals surface area contributed by atoms with E-state index in [4.69, 9.17) is 0 Å². The first-order valence-corrected chi connectivity index (χ1v) is 7.97. The Morgan fingerprint density at radius 2 is 2.29 bits per heavy atom. The number of Topliss-reactive ketones (excluding diaryl/α,β-unsaturated/α-hetero) is 1. The van der Waals surface area contributed by atoms with Crippen LogP contribution in [0.3, 0.4) is 0 Å². The molecule has 2 fully saturated rings. The Bertz CT molecular complexity index is 615. The number of carbonyl (C=O) groups is 2. The maximum atomic E-state index is 11.7. The van der Waals surface area contributed by atoms with Gasteiger partial charge in [0.2, 0.25) is 11.1 Å². The second-order valence-electron chi connectivity index (χ2n) is 5.56. The monoisotopic (exact) mass is 303 g/mol. The van der Waals surface area contributed by atoms with Crippen LogP contribution in [0.2, 0.25) is 0 Å². The first-order chi connectivity index (χ1) is 10.1. The van der Waals surface area contributed by atoms with E-state index in [1.54, 1.807) is 18.3 Å². The van der Waals surface area contributed by atoms with Gasteiger partial charge in [-0.15, -0.1) is 0 Å². The molecule has 0 spiro atoms. The van der Waals surface area contributed by atoms with Gasteiger partial charge >= 0.3 is 0 Å². The first-order valence-electron chi connectivity index (χ1n) is 7.15. The van der Waals surface area contributed by atoms with E-state index in [1.807, 2.05) is 0 Å². The number of piperidine rings is 1. The molecule has 1 unspecified atom stereocenters. The molecule has 2 saturated heterocycles. The lowest BCUT2D eigenvalue weighted by Crippen LogP contribution is -2.35. The standard InChI is InChI=1S/C15H17N3O2S/c1-10-3-2-6-18(9-10)15-16-5-4-11(17-15)7-13-12(19)8-14(20)21-13/h4-5,7,10H,2-3,6,8-9H2,1H3/b13-7-. The molecule has 0 amide bonds. The molecule has 0 aliphatic carbocycles. The van der Waals surface area contributed by atoms with Crippen LogP contribution in [0.4, 0.5) is 5.95 Å². The molecule has 6 heteroatoms. The van der Waals surface area contributed by atoms with Gasteiger partial charge in [-0.3, -0.25) is 9.59 Å². The summed E-state index contributed by atoms with van der Waals surface area (Å²) in [6.07, 6.45) is 5.79. The van der Waals surface area contributed by atoms with Crippen molar-refractivity contribution in [1.29, 1.82) is 0 Å². The number of hydrogen-bond donors (Lipinski definition) is 0. The van der Waals surface area contributed by atoms with Crippen LogP contribution < -0.4 is 4.90 Å². The maximum absolute atomic E-state index is 11.7. The molecule has 2 aliphatic heterocycles. The molecule has 2 aliphatic rings. The van der Waals surface area contributed by atoms with E-state index >= 15 is 0 Å². The summed E-state index contributed by atoms with van der Waals surface area (Å²) in [5.41, 5.74) is 0.684. The third kappa shape index (κ3) is 3.32. The summed E-state index contributed by atoms with van der Waals surface area (Å²) in [7, 11) is 0. The highest BCUT2D eigenvalue weighted by atomic mass is 32.2. The van der Waals surface area contributed by atoms with Crippen LogP contribution >= 0.6 is 11.8 Å². The van der Waals surface area contributed by atoms with E-state index in [1.165, 1.54) is 6.42 Å². The average Bonchev–Trinajstić information content (AvgIpc) is 2.77. The fourth-order valence-corrected chi connectivity index (χ4v) is 3.46. The van der Waals surface area contributed by atoms with Crippen LogP contribution in [0.15, 0.2) is 17.2 Å². The molecular formula is C15H17N3O2S. The molecule has 21 heavy (non-hydrogen) atoms. The third-order valence-electron chi connectivity index (χ3n) is 3.69. The molecule has 0 aromatic carbocycles. The largest absolute Gasteiger partial charge is 0.341 e. The Morgan fingerprint density at radius 3 is 3.00 bits per heavy atom. The predicted molar refractivity (Wildman–Crippen MR) is 82.8 cm³/mol. The van der Waals surface area contributed by atoms with Gasteiger partial charge in [0.25, 0.3) is 0 Å². The fraction of sp³-hybridized carbons (Fsp3) is 0.467. The number of thioether (sulfide) groups is 1. The lowest BCUT2D eigenvalue weighted by atomic mass is 10.0. The number of anilines is 1. The van der Waals surface area contributed by atoms with Crippen molar-refractivity contribution < 1.29 is 9.59 Å². The zero-order valence-electron chi connectivity index (χ0n) is 11.9. The van der Waals surface area contributed by atoms with Crippen molar-refractivity contribution in [3.05, 3.63) is 22.9 Å². The topological polar surface area (TPSA) is 63.2 Å². The van der Waals surface area contributed by atoms with Crippen LogP contribution in [-0.2, 0) is 9.59 Å². The van der Waals surface area contributed by atoms with Gasteiger partial charge in [0, 0.05) is 19.3 Å². The van der Waals surface area contributed by atoms with Gasteiger partial charge in [-0.1, -0.05) is 6.92 Å². The van der Waals surface area contributed by atoms with Gasteiger partial charge in [-0.25, -0.2) is 9.97 Å². The Kier molecular flexibility index (Phi) is 4.05. The van der Waals surface area contributed by atoms with E-state index in [0.717, 1.165) is 31.3 Å². The van der Waals surface area contributed by atoms with E-state index < -0.39 is 0 Å². The van der Waals surface area contributed by atoms with Gasteiger partial charge in [0.1, 0.15) is 0 Å². The lowest BCUT2D eigenvalue weighted by molar-refractivity contribution is -0.119. The molecule has 0 bridgehead atoms. The highest BCUT2D eigenvalue weighted by Crippen LogP contribution is 2.30. The second-order valence-corrected chi connectivity index (χ2v) is 6.66. The SMILES string of the molecule is CC1CCCN(c2nccc(/C=C3\SC(=O)CC3=O)n2)C1. The summed E-state index contributed by atoms with van der Waals surface area (Å²) in [6.45, 7) is 4.17. The van der Waals surface area contributed by atoms with Crippen molar-refractivity contribution >= 4 is 34.7 Å². The van der Waals surface area contributed by atoms with Crippen molar-refractivity contribution in [2.75, 3.05) is 18.0 Å². The van der Waals surface area contributed by atoms with Gasteiger partial charge in [-0.2, -0.15) is 0 Å². The highest BCUT2D eigenvalue weighted by molar-refractivity contribution is 8.18. The summed E-state index contributed by atoms with van der Waals surface area (Å²) in [5.74, 6) is 1.24. The molecule has 5 nitrogen and oxygen atoms in total. The van der Waals surface area contributed by atoms with E-state index in [2.05, 4.69) is 21.8 Å². The smallest absolute Gasteiger partial charge is 0.225 e. The Hall–Kier alpha value is -1.69. The molecule has 3 heterocycles. The van der Waals surface area contributed by atoms with Crippen molar-refractivity contribution in [2.45, 2.75) is 26.2 Å². The molecule has 0 saturated carbocycles. The molecular weight excluding hydrogens is 286 g/mol. The zero-order valence-corrected chi connectivity index (χ0v) is 12.7. The van der Waals surface area contributed by atoms with Crippen molar-refractivity contribution in [3.63, 3.8) is 0 Å². The molecule has 1 aromatic heterocycles. The summed E-state index contributed by atoms with van der Waals surface area (Å²) < 4.78 is 0. The number of allylic oxidation sites excluding steroid dienone is 1. The number of rotatable bonds is 2. The maximum Gasteiger partial charge on any atom is 0.225 e. The minimum absolute atomic E-state index is 0.00190. The third-order valence-corrected chi connectivity index (χ3v) is 4.62. The summed E-state index contributed by atoms with van der Waals surface area (Å²) in [5, 5.41) is -0.0922. The minimum Gasteiger partial charge on any atom is -0.341 e. The number of nitrogens with zero attached hydrogens (tertiary/aromatic N) is 3. The van der Waals surface area contributed by atoms with E-state index in [-0.39, 0.29) is 17.3 Å². The minimum atomic E-state index is -0.114. The lowest BCUT2D eigenvalue weighted by Gasteiger charge is -2.30. The molecule has 0 N–H and O–H groups in total. The van der Waals surface area contributed by atoms with Crippen molar-refractivity contribution in [2.24, 2.45) is 5.92 Å².